The number of imidazole rings is 2. The molecule has 0 aliphatic heterocycles. The van der Waals surface area contributed by atoms with E-state index in [4.69, 9.17) is 10.5 Å². The van der Waals surface area contributed by atoms with Crippen LogP contribution in [0.3, 0.4) is 0 Å². The summed E-state index contributed by atoms with van der Waals surface area (Å²) in [5, 5.41) is 12.1. The second-order valence-corrected chi connectivity index (χ2v) is 14.5. The first-order chi connectivity index (χ1) is 27.7. The number of aromatic nitrogens is 4. The molecular formula is C46H60N8O4. The molecule has 2 unspecified atom stereocenters. The normalized spacial score (nSPS) is 12.6. The molecule has 308 valence electrons. The van der Waals surface area contributed by atoms with Crippen molar-refractivity contribution in [3.63, 3.8) is 0 Å². The molecule has 4 aromatic carbocycles. The maximum Gasteiger partial charge on any atom is 0.412 e. The number of carbonyl (C=O) groups excluding carboxylic acids is 2. The van der Waals surface area contributed by atoms with Gasteiger partial charge in [-0.1, -0.05) is 84.9 Å². The second kappa shape index (κ2) is 24.5. The maximum absolute atomic E-state index is 12.1. The molecule has 6 aromatic rings. The van der Waals surface area contributed by atoms with Crippen molar-refractivity contribution in [1.82, 2.24) is 34.2 Å². The van der Waals surface area contributed by atoms with Crippen LogP contribution in [0.1, 0.15) is 62.0 Å². The molecule has 1 amide bonds. The van der Waals surface area contributed by atoms with Crippen LogP contribution in [-0.2, 0) is 12.8 Å². The van der Waals surface area contributed by atoms with Crippen LogP contribution in [0, 0.1) is 0 Å². The zero-order valence-electron chi connectivity index (χ0n) is 35.0. The number of phenols is 1. The topological polar surface area (TPSA) is 144 Å². The lowest BCUT2D eigenvalue weighted by Gasteiger charge is -2.20. The lowest BCUT2D eigenvalue weighted by Crippen LogP contribution is -2.36. The van der Waals surface area contributed by atoms with E-state index >= 15 is 0 Å². The highest BCUT2D eigenvalue weighted by atomic mass is 16.6. The van der Waals surface area contributed by atoms with Gasteiger partial charge in [0.2, 0.25) is 0 Å². The first-order valence-corrected chi connectivity index (χ1v) is 19.3. The monoisotopic (exact) mass is 788 g/mol. The summed E-state index contributed by atoms with van der Waals surface area (Å²) in [6.07, 6.45) is 10.5. The van der Waals surface area contributed by atoms with E-state index in [1.807, 2.05) is 109 Å². The number of nitrogens with two attached hydrogens (primary N) is 1. The van der Waals surface area contributed by atoms with Gasteiger partial charge in [-0.3, -0.25) is 9.13 Å². The predicted molar refractivity (Wildman–Crippen MR) is 232 cm³/mol. The van der Waals surface area contributed by atoms with E-state index in [2.05, 4.69) is 63.2 Å². The number of aromatic hydroxyl groups is 1. The summed E-state index contributed by atoms with van der Waals surface area (Å²) in [7, 11) is 8.09. The van der Waals surface area contributed by atoms with Crippen molar-refractivity contribution in [3.05, 3.63) is 169 Å². The molecule has 58 heavy (non-hydrogen) atoms. The van der Waals surface area contributed by atoms with Gasteiger partial charge in [0.1, 0.15) is 24.2 Å². The molecule has 0 aliphatic carbocycles. The first-order valence-electron chi connectivity index (χ1n) is 19.3. The van der Waals surface area contributed by atoms with E-state index < -0.39 is 6.09 Å². The van der Waals surface area contributed by atoms with Crippen LogP contribution >= 0.6 is 0 Å². The molecule has 0 aliphatic rings. The van der Waals surface area contributed by atoms with E-state index in [1.54, 1.807) is 43.0 Å². The average molecular weight is 789 g/mol. The predicted octanol–water partition coefficient (Wildman–Crippen LogP) is 8.22. The van der Waals surface area contributed by atoms with Gasteiger partial charge in [-0.25, -0.2) is 19.6 Å². The Morgan fingerprint density at radius 3 is 1.62 bits per heavy atom. The molecule has 0 bridgehead atoms. The zero-order valence-corrected chi connectivity index (χ0v) is 35.0. The lowest BCUT2D eigenvalue weighted by molar-refractivity contribution is 0.196. The number of amides is 1. The van der Waals surface area contributed by atoms with Crippen LogP contribution in [-0.4, -0.2) is 86.4 Å². The fourth-order valence-corrected chi connectivity index (χ4v) is 5.44. The van der Waals surface area contributed by atoms with Gasteiger partial charge < -0.3 is 30.7 Å². The number of rotatable bonds is 10. The Morgan fingerprint density at radius 1 is 0.690 bits per heavy atom. The van der Waals surface area contributed by atoms with Crippen molar-refractivity contribution < 1.29 is 19.4 Å². The Balaban J connectivity index is 0.000000223. The average Bonchev–Trinajstić information content (AvgIpc) is 3.95. The smallest absolute Gasteiger partial charge is 0.412 e. The highest BCUT2D eigenvalue weighted by Gasteiger charge is 2.13. The molecule has 0 radical (unpaired) electrons. The summed E-state index contributed by atoms with van der Waals surface area (Å²) in [6.45, 7) is 8.21. The quantitative estimate of drug-likeness (QED) is 0.125. The van der Waals surface area contributed by atoms with Crippen LogP contribution in [0.15, 0.2) is 147 Å². The Labute approximate surface area is 343 Å². The third kappa shape index (κ3) is 17.0. The largest absolute Gasteiger partial charge is 0.508 e. The third-order valence-electron chi connectivity index (χ3n) is 9.05. The van der Waals surface area contributed by atoms with Crippen molar-refractivity contribution in [1.29, 1.82) is 0 Å². The van der Waals surface area contributed by atoms with Crippen molar-refractivity contribution in [2.45, 2.75) is 64.7 Å². The molecule has 4 N–H and O–H groups in total. The molecular weight excluding hydrogens is 729 g/mol. The van der Waals surface area contributed by atoms with Gasteiger partial charge in [-0.15, -0.1) is 0 Å². The third-order valence-corrected chi connectivity index (χ3v) is 9.05. The lowest BCUT2D eigenvalue weighted by atomic mass is 10.1. The molecule has 12 nitrogen and oxygen atoms in total. The number of hydrogen-bond donors (Lipinski definition) is 3. The minimum Gasteiger partial charge on any atom is -0.508 e. The Morgan fingerprint density at radius 2 is 1.17 bits per heavy atom. The molecule has 12 heteroatoms. The maximum atomic E-state index is 12.1. The van der Waals surface area contributed by atoms with Crippen molar-refractivity contribution in [2.75, 3.05) is 28.2 Å². The summed E-state index contributed by atoms with van der Waals surface area (Å²) in [5.41, 5.74) is 10.4. The fraction of sp³-hybridized carbons (Fsp3) is 0.304. The van der Waals surface area contributed by atoms with Crippen LogP contribution in [0.5, 0.6) is 11.5 Å². The number of phenolic OH excluding ortho intramolecular Hbond substituents is 1. The highest BCUT2D eigenvalue weighted by molar-refractivity contribution is 5.78. The summed E-state index contributed by atoms with van der Waals surface area (Å²) in [5.74, 6) is 0.895. The van der Waals surface area contributed by atoms with Crippen molar-refractivity contribution in [2.24, 2.45) is 5.73 Å². The molecule has 0 saturated carbocycles. The summed E-state index contributed by atoms with van der Waals surface area (Å²) < 4.78 is 8.18. The van der Waals surface area contributed by atoms with E-state index in [0.29, 0.717) is 17.5 Å². The van der Waals surface area contributed by atoms with Crippen molar-refractivity contribution >= 4 is 12.1 Å². The van der Waals surface area contributed by atoms with Gasteiger partial charge in [0, 0.05) is 49.0 Å². The standard InChI is InChI=1S/C20H26N2O2.C10H15NO.C9H13N.C7H6N4O/c1-15(13-17-9-6-5-7-10-17)21-20(23)24-19-12-8-11-18(14-19)16(2)22(3)4;1-8(11(2)3)9-5-4-6-10(12)7-9;1-8(10)7-9-5-3-2-4-6-9;12-7(10-3-1-8-5-10)11-4-2-9-6-11/h5-12,14-16H,13H2,1-4H3,(H,21,23);4-8,12H,1-3H3;2-6,8H,7,10H2,1H3;1-6H/t15?,16-;8-;;/m00../s1. The van der Waals surface area contributed by atoms with Crippen LogP contribution in [0.4, 0.5) is 9.59 Å². The minimum atomic E-state index is -0.423. The number of carbonyl (C=O) groups is 2. The number of ether oxygens (including phenoxy) is 1. The molecule has 4 atom stereocenters. The van der Waals surface area contributed by atoms with E-state index in [0.717, 1.165) is 24.0 Å². The molecule has 6 rings (SSSR count). The van der Waals surface area contributed by atoms with Gasteiger partial charge in [0.25, 0.3) is 0 Å². The van der Waals surface area contributed by atoms with E-state index in [-0.39, 0.29) is 24.2 Å². The first kappa shape index (κ1) is 46.3. The molecule has 2 aromatic heterocycles. The summed E-state index contributed by atoms with van der Waals surface area (Å²) in [6, 6.07) is 36.1. The zero-order chi connectivity index (χ0) is 42.5. The summed E-state index contributed by atoms with van der Waals surface area (Å²) >= 11 is 0. The highest BCUT2D eigenvalue weighted by Crippen LogP contribution is 2.23. The Bertz CT molecular complexity index is 1980. The molecule has 0 fully saturated rings. The number of nitrogens with one attached hydrogen (secondary N) is 1. The SMILES string of the molecule is CC(Cc1ccccc1)NC(=O)Oc1cccc([C@H](C)N(C)C)c1.CC(N)Cc1ccccc1.C[C@@H](c1cccc(O)c1)N(C)C.O=C(n1ccnc1)n1ccnc1. The fourth-order valence-electron chi connectivity index (χ4n) is 5.44. The van der Waals surface area contributed by atoms with Crippen LogP contribution in [0.2, 0.25) is 0 Å². The Hall–Kier alpha value is -6.08. The van der Waals surface area contributed by atoms with Gasteiger partial charge in [-0.05, 0) is 115 Å². The minimum absolute atomic E-state index is 0.00350. The molecule has 0 spiro atoms. The van der Waals surface area contributed by atoms with E-state index in [9.17, 15) is 14.7 Å². The van der Waals surface area contributed by atoms with Gasteiger partial charge in [0.15, 0.2) is 0 Å². The Kier molecular flexibility index (Phi) is 19.6. The van der Waals surface area contributed by atoms with Gasteiger partial charge in [0.05, 0.1) is 0 Å². The van der Waals surface area contributed by atoms with Crippen molar-refractivity contribution in [3.8, 4) is 11.5 Å². The molecule has 0 saturated heterocycles. The number of benzene rings is 4. The summed E-state index contributed by atoms with van der Waals surface area (Å²) in [4.78, 5) is 35.2. The van der Waals surface area contributed by atoms with Gasteiger partial charge >= 0.3 is 12.1 Å². The van der Waals surface area contributed by atoms with Gasteiger partial charge in [-0.2, -0.15) is 0 Å². The number of hydrogen-bond acceptors (Lipinski definition) is 9. The number of nitrogens with zero attached hydrogens (tertiary/aromatic N) is 6. The van der Waals surface area contributed by atoms with Crippen LogP contribution < -0.4 is 15.8 Å². The second-order valence-electron chi connectivity index (χ2n) is 14.5. The molecule has 2 heterocycles. The van der Waals surface area contributed by atoms with E-state index in [1.165, 1.54) is 32.9 Å². The van der Waals surface area contributed by atoms with Crippen LogP contribution in [0.25, 0.3) is 0 Å².